The lowest BCUT2D eigenvalue weighted by molar-refractivity contribution is -0.115. The van der Waals surface area contributed by atoms with Crippen molar-refractivity contribution >= 4 is 28.2 Å². The van der Waals surface area contributed by atoms with E-state index in [1.807, 2.05) is 0 Å². The van der Waals surface area contributed by atoms with Crippen LogP contribution in [0.15, 0.2) is 23.0 Å². The Labute approximate surface area is 132 Å². The molecule has 0 saturated heterocycles. The van der Waals surface area contributed by atoms with Gasteiger partial charge in [0.1, 0.15) is 6.26 Å². The van der Waals surface area contributed by atoms with Crippen LogP contribution in [-0.2, 0) is 17.6 Å². The van der Waals surface area contributed by atoms with E-state index in [9.17, 15) is 9.59 Å². The molecular weight excluding hydrogens is 300 g/mol. The fourth-order valence-electron chi connectivity index (χ4n) is 2.67. The van der Waals surface area contributed by atoms with Gasteiger partial charge >= 0.3 is 0 Å². The monoisotopic (exact) mass is 318 g/mol. The minimum absolute atomic E-state index is 0.0496. The molecule has 0 bridgehead atoms. The van der Waals surface area contributed by atoms with E-state index in [1.54, 1.807) is 17.4 Å². The molecule has 1 aliphatic rings. The number of hydrogen-bond acceptors (Lipinski definition) is 4. The Bertz CT molecular complexity index is 689. The summed E-state index contributed by atoms with van der Waals surface area (Å²) in [5.74, 6) is -0.523. The maximum Gasteiger partial charge on any atom is 0.254 e. The molecule has 22 heavy (non-hydrogen) atoms. The molecule has 5 nitrogen and oxygen atoms in total. The lowest BCUT2D eigenvalue weighted by atomic mass is 9.96. The average molecular weight is 318 g/mol. The largest absolute Gasteiger partial charge is 0.472 e. The van der Waals surface area contributed by atoms with E-state index >= 15 is 0 Å². The van der Waals surface area contributed by atoms with Crippen LogP contribution in [0.2, 0.25) is 0 Å². The van der Waals surface area contributed by atoms with Gasteiger partial charge in [0.2, 0.25) is 5.91 Å². The van der Waals surface area contributed by atoms with Gasteiger partial charge in [-0.05, 0) is 49.8 Å². The van der Waals surface area contributed by atoms with Gasteiger partial charge in [0, 0.05) is 4.88 Å². The van der Waals surface area contributed by atoms with Gasteiger partial charge < -0.3 is 15.1 Å². The molecule has 0 saturated carbocycles. The fraction of sp³-hybridized carbons (Fsp3) is 0.375. The van der Waals surface area contributed by atoms with E-state index < -0.39 is 0 Å². The summed E-state index contributed by atoms with van der Waals surface area (Å²) in [6.07, 6.45) is 7.43. The Kier molecular flexibility index (Phi) is 4.29. The van der Waals surface area contributed by atoms with Crippen molar-refractivity contribution in [1.29, 1.82) is 0 Å². The Hall–Kier alpha value is -2.08. The second-order valence-corrected chi connectivity index (χ2v) is 6.51. The first-order chi connectivity index (χ1) is 10.6. The molecule has 2 aromatic heterocycles. The highest BCUT2D eigenvalue weighted by Gasteiger charge is 2.19. The second kappa shape index (κ2) is 6.36. The van der Waals surface area contributed by atoms with E-state index in [4.69, 9.17) is 4.42 Å². The molecule has 0 unspecified atom stereocenters. The Morgan fingerprint density at radius 2 is 2.14 bits per heavy atom. The maximum absolute atomic E-state index is 12.0. The van der Waals surface area contributed by atoms with Gasteiger partial charge in [-0.25, -0.2) is 0 Å². The third-order valence-electron chi connectivity index (χ3n) is 3.88. The number of anilines is 1. The van der Waals surface area contributed by atoms with Crippen LogP contribution in [0.3, 0.4) is 0 Å². The number of carbonyl (C=O) groups is 2. The van der Waals surface area contributed by atoms with Crippen LogP contribution in [0, 0.1) is 6.92 Å². The van der Waals surface area contributed by atoms with Crippen LogP contribution in [-0.4, -0.2) is 18.4 Å². The first-order valence-corrected chi connectivity index (χ1v) is 8.18. The van der Waals surface area contributed by atoms with E-state index in [0.29, 0.717) is 5.56 Å². The van der Waals surface area contributed by atoms with Crippen LogP contribution in [0.25, 0.3) is 0 Å². The summed E-state index contributed by atoms with van der Waals surface area (Å²) in [7, 11) is 0. The molecule has 2 aromatic rings. The molecule has 6 heteroatoms. The van der Waals surface area contributed by atoms with Gasteiger partial charge in [0.15, 0.2) is 0 Å². The topological polar surface area (TPSA) is 71.3 Å². The number of thiophene rings is 1. The number of aryl methyl sites for hydroxylation is 1. The first kappa shape index (κ1) is 14.8. The highest BCUT2D eigenvalue weighted by Crippen LogP contribution is 2.37. The number of nitrogens with one attached hydrogen (secondary N) is 2. The molecular formula is C16H18N2O3S. The molecule has 2 heterocycles. The Morgan fingerprint density at radius 3 is 2.86 bits per heavy atom. The molecule has 0 radical (unpaired) electrons. The summed E-state index contributed by atoms with van der Waals surface area (Å²) in [6, 6.07) is 1.56. The fourth-order valence-corrected chi connectivity index (χ4v) is 3.98. The Morgan fingerprint density at radius 1 is 1.32 bits per heavy atom. The molecule has 0 atom stereocenters. The number of furan rings is 1. The first-order valence-electron chi connectivity index (χ1n) is 7.36. The SMILES string of the molecule is Cc1c(NC(=O)CNC(=O)c2ccoc2)sc2c1CCCC2. The van der Waals surface area contributed by atoms with Crippen LogP contribution >= 0.6 is 11.3 Å². The minimum Gasteiger partial charge on any atom is -0.472 e. The summed E-state index contributed by atoms with van der Waals surface area (Å²) in [5.41, 5.74) is 2.98. The van der Waals surface area contributed by atoms with Crippen molar-refractivity contribution < 1.29 is 14.0 Å². The van der Waals surface area contributed by atoms with E-state index in [0.717, 1.165) is 17.8 Å². The third-order valence-corrected chi connectivity index (χ3v) is 5.19. The summed E-state index contributed by atoms with van der Waals surface area (Å²) in [6.45, 7) is 2.01. The van der Waals surface area contributed by atoms with E-state index in [1.165, 1.54) is 41.4 Å². The number of hydrogen-bond donors (Lipinski definition) is 2. The van der Waals surface area contributed by atoms with Gasteiger partial charge in [0.05, 0.1) is 23.4 Å². The van der Waals surface area contributed by atoms with Crippen molar-refractivity contribution in [3.63, 3.8) is 0 Å². The maximum atomic E-state index is 12.0. The normalized spacial score (nSPS) is 13.5. The summed E-state index contributed by atoms with van der Waals surface area (Å²) < 4.78 is 4.84. The number of carbonyl (C=O) groups excluding carboxylic acids is 2. The zero-order valence-corrected chi connectivity index (χ0v) is 13.2. The quantitative estimate of drug-likeness (QED) is 0.910. The van der Waals surface area contributed by atoms with Crippen molar-refractivity contribution in [2.24, 2.45) is 0 Å². The highest BCUT2D eigenvalue weighted by atomic mass is 32.1. The average Bonchev–Trinajstić information content (AvgIpc) is 3.15. The van der Waals surface area contributed by atoms with Crippen LogP contribution in [0.4, 0.5) is 5.00 Å². The lowest BCUT2D eigenvalue weighted by Gasteiger charge is -2.10. The minimum atomic E-state index is -0.314. The van der Waals surface area contributed by atoms with Gasteiger partial charge in [0.25, 0.3) is 5.91 Å². The predicted octanol–water partition coefficient (Wildman–Crippen LogP) is 2.90. The molecule has 0 aromatic carbocycles. The molecule has 116 valence electrons. The lowest BCUT2D eigenvalue weighted by Crippen LogP contribution is -2.32. The molecule has 2 N–H and O–H groups in total. The van der Waals surface area contributed by atoms with Gasteiger partial charge in [-0.2, -0.15) is 0 Å². The van der Waals surface area contributed by atoms with Crippen molar-refractivity contribution in [2.45, 2.75) is 32.6 Å². The smallest absolute Gasteiger partial charge is 0.254 e. The molecule has 1 aliphatic carbocycles. The van der Waals surface area contributed by atoms with Gasteiger partial charge in [-0.1, -0.05) is 0 Å². The standard InChI is InChI=1S/C16H18N2O3S/c1-10-12-4-2-3-5-13(12)22-16(10)18-14(19)8-17-15(20)11-6-7-21-9-11/h6-7,9H,2-5,8H2,1H3,(H,17,20)(H,18,19). The van der Waals surface area contributed by atoms with E-state index in [2.05, 4.69) is 17.6 Å². The summed E-state index contributed by atoms with van der Waals surface area (Å²) in [4.78, 5) is 25.1. The number of amides is 2. The van der Waals surface area contributed by atoms with Crippen LogP contribution < -0.4 is 10.6 Å². The summed E-state index contributed by atoms with van der Waals surface area (Å²) >= 11 is 1.66. The highest BCUT2D eigenvalue weighted by molar-refractivity contribution is 7.16. The Balaban J connectivity index is 1.58. The number of rotatable bonds is 4. The zero-order chi connectivity index (χ0) is 15.5. The van der Waals surface area contributed by atoms with E-state index in [-0.39, 0.29) is 18.4 Å². The number of fused-ring (bicyclic) bond motifs is 1. The zero-order valence-electron chi connectivity index (χ0n) is 12.4. The van der Waals surface area contributed by atoms with Gasteiger partial charge in [-0.15, -0.1) is 11.3 Å². The molecule has 0 spiro atoms. The van der Waals surface area contributed by atoms with Crippen molar-refractivity contribution in [2.75, 3.05) is 11.9 Å². The van der Waals surface area contributed by atoms with Crippen LogP contribution in [0.5, 0.6) is 0 Å². The molecule has 0 aliphatic heterocycles. The summed E-state index contributed by atoms with van der Waals surface area (Å²) in [5, 5.41) is 6.40. The molecule has 2 amide bonds. The second-order valence-electron chi connectivity index (χ2n) is 5.41. The molecule has 3 rings (SSSR count). The van der Waals surface area contributed by atoms with Crippen molar-refractivity contribution in [3.8, 4) is 0 Å². The van der Waals surface area contributed by atoms with Crippen molar-refractivity contribution in [3.05, 3.63) is 40.2 Å². The van der Waals surface area contributed by atoms with Gasteiger partial charge in [-0.3, -0.25) is 9.59 Å². The third kappa shape index (κ3) is 3.06. The van der Waals surface area contributed by atoms with Crippen molar-refractivity contribution in [1.82, 2.24) is 5.32 Å². The predicted molar refractivity (Wildman–Crippen MR) is 85.4 cm³/mol. The molecule has 0 fully saturated rings. The van der Waals surface area contributed by atoms with Crippen LogP contribution in [0.1, 0.15) is 39.2 Å².